The summed E-state index contributed by atoms with van der Waals surface area (Å²) in [6.45, 7) is 6.59. The number of hydrogen-bond donors (Lipinski definition) is 1. The molecule has 2 heterocycles. The molecule has 0 bridgehead atoms. The Morgan fingerprint density at radius 3 is 2.77 bits per heavy atom. The summed E-state index contributed by atoms with van der Waals surface area (Å²) in [7, 11) is 0. The number of halogens is 1. The van der Waals surface area contributed by atoms with E-state index in [-0.39, 0.29) is 5.91 Å². The van der Waals surface area contributed by atoms with E-state index in [1.165, 1.54) is 11.1 Å². The molecule has 1 amide bonds. The van der Waals surface area contributed by atoms with Crippen LogP contribution in [-0.4, -0.2) is 44.9 Å². The molecule has 0 radical (unpaired) electrons. The van der Waals surface area contributed by atoms with Gasteiger partial charge >= 0.3 is 0 Å². The van der Waals surface area contributed by atoms with E-state index in [4.69, 9.17) is 0 Å². The highest BCUT2D eigenvalue weighted by molar-refractivity contribution is 9.10. The predicted octanol–water partition coefficient (Wildman–Crippen LogP) is 3.90. The maximum absolute atomic E-state index is 12.8. The van der Waals surface area contributed by atoms with E-state index in [9.17, 15) is 4.79 Å². The normalized spacial score (nSPS) is 14.9. The van der Waals surface area contributed by atoms with Gasteiger partial charge in [-0.25, -0.2) is 4.68 Å². The summed E-state index contributed by atoms with van der Waals surface area (Å²) in [5.41, 5.74) is 4.79. The third kappa shape index (κ3) is 4.32. The molecule has 1 aliphatic heterocycles. The maximum Gasteiger partial charge on any atom is 0.273 e. The summed E-state index contributed by atoms with van der Waals surface area (Å²) in [4.78, 5) is 15.3. The lowest BCUT2D eigenvalue weighted by molar-refractivity contribution is 0.0920. The van der Waals surface area contributed by atoms with Crippen LogP contribution in [0.1, 0.15) is 40.7 Å². The Labute approximate surface area is 185 Å². The summed E-state index contributed by atoms with van der Waals surface area (Å²) < 4.78 is 2.65. The molecule has 0 fully saturated rings. The Balaban J connectivity index is 1.42. The molecular formula is C23H26BrN5O. The number of fused-ring (bicyclic) bond motifs is 1. The Kier molecular flexibility index (Phi) is 6.29. The van der Waals surface area contributed by atoms with E-state index < -0.39 is 0 Å². The van der Waals surface area contributed by atoms with Crippen LogP contribution < -0.4 is 5.32 Å². The molecule has 0 aliphatic carbocycles. The Bertz CT molecular complexity index is 1050. The van der Waals surface area contributed by atoms with Gasteiger partial charge in [0.2, 0.25) is 0 Å². The topological polar surface area (TPSA) is 63.1 Å². The Morgan fingerprint density at radius 2 is 2.00 bits per heavy atom. The van der Waals surface area contributed by atoms with Crippen LogP contribution in [0.25, 0.3) is 5.69 Å². The number of nitrogens with one attached hydrogen (secondary N) is 1. The fourth-order valence-corrected chi connectivity index (χ4v) is 4.43. The third-order valence-corrected chi connectivity index (χ3v) is 6.30. The van der Waals surface area contributed by atoms with E-state index in [0.717, 1.165) is 41.8 Å². The van der Waals surface area contributed by atoms with Gasteiger partial charge in [0.25, 0.3) is 5.91 Å². The van der Waals surface area contributed by atoms with E-state index in [1.807, 2.05) is 31.2 Å². The van der Waals surface area contributed by atoms with Crippen LogP contribution in [-0.2, 0) is 13.0 Å². The second kappa shape index (κ2) is 9.10. The van der Waals surface area contributed by atoms with Crippen LogP contribution >= 0.6 is 15.9 Å². The van der Waals surface area contributed by atoms with Crippen molar-refractivity contribution in [2.45, 2.75) is 39.3 Å². The fraction of sp³-hybridized carbons (Fsp3) is 0.348. The molecule has 0 spiro atoms. The van der Waals surface area contributed by atoms with Crippen LogP contribution in [0.5, 0.6) is 0 Å². The largest absolute Gasteiger partial charge is 0.349 e. The van der Waals surface area contributed by atoms with Crippen molar-refractivity contribution in [1.82, 2.24) is 25.2 Å². The molecule has 7 heteroatoms. The van der Waals surface area contributed by atoms with Crippen molar-refractivity contribution in [2.24, 2.45) is 0 Å². The number of rotatable bonds is 6. The van der Waals surface area contributed by atoms with E-state index in [0.29, 0.717) is 18.3 Å². The van der Waals surface area contributed by atoms with Crippen molar-refractivity contribution in [2.75, 3.05) is 13.1 Å². The molecule has 0 saturated heterocycles. The van der Waals surface area contributed by atoms with Crippen molar-refractivity contribution in [3.63, 3.8) is 0 Å². The fourth-order valence-electron chi connectivity index (χ4n) is 4.05. The van der Waals surface area contributed by atoms with Crippen LogP contribution in [0.4, 0.5) is 0 Å². The number of aromatic nitrogens is 3. The molecule has 30 heavy (non-hydrogen) atoms. The number of nitrogens with zero attached hydrogens (tertiary/aromatic N) is 4. The zero-order valence-corrected chi connectivity index (χ0v) is 18.9. The van der Waals surface area contributed by atoms with Crippen LogP contribution in [0.2, 0.25) is 0 Å². The Hall–Kier alpha value is -2.51. The lowest BCUT2D eigenvalue weighted by atomic mass is 9.98. The van der Waals surface area contributed by atoms with Gasteiger partial charge < -0.3 is 5.32 Å². The minimum absolute atomic E-state index is 0.176. The van der Waals surface area contributed by atoms with Gasteiger partial charge in [-0.1, -0.05) is 58.4 Å². The summed E-state index contributed by atoms with van der Waals surface area (Å²) >= 11 is 3.47. The molecule has 1 unspecified atom stereocenters. The number of amides is 1. The zero-order valence-electron chi connectivity index (χ0n) is 17.3. The average molecular weight is 468 g/mol. The summed E-state index contributed by atoms with van der Waals surface area (Å²) in [5, 5.41) is 11.4. The number of benzene rings is 2. The van der Waals surface area contributed by atoms with E-state index >= 15 is 0 Å². The first-order valence-corrected chi connectivity index (χ1v) is 11.1. The summed E-state index contributed by atoms with van der Waals surface area (Å²) in [6, 6.07) is 16.7. The number of carbonyl (C=O) groups is 1. The second-order valence-electron chi connectivity index (χ2n) is 7.68. The number of hydrogen-bond acceptors (Lipinski definition) is 4. The maximum atomic E-state index is 12.8. The van der Waals surface area contributed by atoms with Crippen LogP contribution in [0.3, 0.4) is 0 Å². The lowest BCUT2D eigenvalue weighted by Gasteiger charge is -2.35. The quantitative estimate of drug-likeness (QED) is 0.596. The lowest BCUT2D eigenvalue weighted by Crippen LogP contribution is -2.45. The van der Waals surface area contributed by atoms with Crippen molar-refractivity contribution < 1.29 is 4.79 Å². The molecule has 1 atom stereocenters. The van der Waals surface area contributed by atoms with Crippen LogP contribution in [0.15, 0.2) is 53.0 Å². The Morgan fingerprint density at radius 1 is 1.20 bits per heavy atom. The van der Waals surface area contributed by atoms with E-state index in [2.05, 4.69) is 67.6 Å². The van der Waals surface area contributed by atoms with Gasteiger partial charge in [0.1, 0.15) is 0 Å². The zero-order chi connectivity index (χ0) is 21.1. The van der Waals surface area contributed by atoms with Gasteiger partial charge in [-0.3, -0.25) is 9.69 Å². The SMILES string of the molecule is CCC(CNC(=O)c1nnn(-c2cccc(Br)c2)c1C)N1CCc2ccccc2C1. The first-order chi connectivity index (χ1) is 14.6. The first-order valence-electron chi connectivity index (χ1n) is 10.3. The molecule has 156 valence electrons. The average Bonchev–Trinajstić information content (AvgIpc) is 3.15. The van der Waals surface area contributed by atoms with Crippen LogP contribution in [0, 0.1) is 6.92 Å². The summed E-state index contributed by atoms with van der Waals surface area (Å²) in [5.74, 6) is -0.176. The molecule has 1 aliphatic rings. The van der Waals surface area contributed by atoms with Gasteiger partial charge in [-0.2, -0.15) is 0 Å². The van der Waals surface area contributed by atoms with E-state index in [1.54, 1.807) is 4.68 Å². The molecule has 0 saturated carbocycles. The molecule has 4 rings (SSSR count). The van der Waals surface area contributed by atoms with Crippen molar-refractivity contribution in [3.05, 3.63) is 75.5 Å². The monoisotopic (exact) mass is 467 g/mol. The van der Waals surface area contributed by atoms with Gasteiger partial charge in [-0.05, 0) is 49.1 Å². The second-order valence-corrected chi connectivity index (χ2v) is 8.59. The highest BCUT2D eigenvalue weighted by atomic mass is 79.9. The standard InChI is InChI=1S/C23H26BrN5O/c1-3-20(28-12-11-17-7-4-5-8-18(17)15-28)14-25-23(30)22-16(2)29(27-26-22)21-10-6-9-19(24)13-21/h4-10,13,20H,3,11-12,14-15H2,1-2H3,(H,25,30). The van der Waals surface area contributed by atoms with Gasteiger partial charge in [0, 0.05) is 30.1 Å². The van der Waals surface area contributed by atoms with Crippen molar-refractivity contribution in [1.29, 1.82) is 0 Å². The van der Waals surface area contributed by atoms with Crippen molar-refractivity contribution >= 4 is 21.8 Å². The summed E-state index contributed by atoms with van der Waals surface area (Å²) in [6.07, 6.45) is 2.03. The number of carbonyl (C=O) groups excluding carboxylic acids is 1. The third-order valence-electron chi connectivity index (χ3n) is 5.81. The molecule has 1 aromatic heterocycles. The molecule has 1 N–H and O–H groups in total. The van der Waals surface area contributed by atoms with Crippen molar-refractivity contribution in [3.8, 4) is 5.69 Å². The smallest absolute Gasteiger partial charge is 0.273 e. The highest BCUT2D eigenvalue weighted by Gasteiger charge is 2.24. The highest BCUT2D eigenvalue weighted by Crippen LogP contribution is 2.21. The molecule has 3 aromatic rings. The molecule has 6 nitrogen and oxygen atoms in total. The van der Waals surface area contributed by atoms with Gasteiger partial charge in [0.15, 0.2) is 5.69 Å². The first kappa shape index (κ1) is 20.8. The van der Waals surface area contributed by atoms with Gasteiger partial charge in [-0.15, -0.1) is 5.10 Å². The minimum atomic E-state index is -0.176. The molecule has 2 aromatic carbocycles. The molecular weight excluding hydrogens is 442 g/mol. The van der Waals surface area contributed by atoms with Gasteiger partial charge in [0.05, 0.1) is 11.4 Å². The minimum Gasteiger partial charge on any atom is -0.349 e. The predicted molar refractivity (Wildman–Crippen MR) is 121 cm³/mol.